The van der Waals surface area contributed by atoms with Crippen molar-refractivity contribution in [2.75, 3.05) is 43.4 Å². The van der Waals surface area contributed by atoms with E-state index in [0.717, 1.165) is 17.0 Å². The van der Waals surface area contributed by atoms with E-state index in [1.807, 2.05) is 11.8 Å². The minimum Gasteiger partial charge on any atom is -0.491 e. The summed E-state index contributed by atoms with van der Waals surface area (Å²) >= 11 is 1.08. The summed E-state index contributed by atoms with van der Waals surface area (Å²) in [6, 6.07) is 4.90. The van der Waals surface area contributed by atoms with Crippen LogP contribution in [0.5, 0.6) is 5.75 Å². The first kappa shape index (κ1) is 27.9. The third-order valence-electron chi connectivity index (χ3n) is 6.84. The van der Waals surface area contributed by atoms with Crippen LogP contribution < -0.4 is 20.7 Å². The van der Waals surface area contributed by atoms with Crippen LogP contribution in [0.25, 0.3) is 10.2 Å². The van der Waals surface area contributed by atoms with Crippen molar-refractivity contribution >= 4 is 44.9 Å². The van der Waals surface area contributed by atoms with E-state index in [2.05, 4.69) is 10.3 Å². The lowest BCUT2D eigenvalue weighted by Gasteiger charge is -2.39. The minimum absolute atomic E-state index is 0.0406. The first-order chi connectivity index (χ1) is 18.7. The Hall–Kier alpha value is -3.68. The molecule has 1 saturated heterocycles. The second kappa shape index (κ2) is 10.1. The molecule has 3 aromatic rings. The Morgan fingerprint density at radius 2 is 1.93 bits per heavy atom. The molecule has 2 aliphatic rings. The number of piperazine rings is 1. The van der Waals surface area contributed by atoms with Gasteiger partial charge < -0.3 is 40.5 Å². The number of nitrogen functional groups attached to an aromatic ring is 1. The van der Waals surface area contributed by atoms with Crippen molar-refractivity contribution in [3.05, 3.63) is 46.2 Å². The van der Waals surface area contributed by atoms with Gasteiger partial charge in [-0.2, -0.15) is 0 Å². The zero-order valence-electron chi connectivity index (χ0n) is 22.7. The van der Waals surface area contributed by atoms with Crippen LogP contribution in [0, 0.1) is 12.7 Å². The lowest BCUT2D eigenvalue weighted by atomic mass is 9.93. The highest BCUT2D eigenvalue weighted by atomic mass is 32.1. The second-order valence-corrected chi connectivity index (χ2v) is 12.0. The van der Waals surface area contributed by atoms with Gasteiger partial charge in [0.25, 0.3) is 5.91 Å². The number of amides is 2. The van der Waals surface area contributed by atoms with E-state index in [1.54, 1.807) is 37.8 Å². The molecule has 1 fully saturated rings. The molecule has 0 spiro atoms. The van der Waals surface area contributed by atoms with E-state index in [0.29, 0.717) is 42.1 Å². The van der Waals surface area contributed by atoms with E-state index in [4.69, 9.17) is 15.2 Å². The van der Waals surface area contributed by atoms with Crippen molar-refractivity contribution < 1.29 is 33.7 Å². The van der Waals surface area contributed by atoms with Gasteiger partial charge in [0.1, 0.15) is 39.5 Å². The maximum atomic E-state index is 15.4. The Morgan fingerprint density at radius 3 is 2.60 bits per heavy atom. The molecule has 1 unspecified atom stereocenters. The quantitative estimate of drug-likeness (QED) is 0.347. The molecule has 0 saturated carbocycles. The lowest BCUT2D eigenvalue weighted by molar-refractivity contribution is -0.206. The number of thiophene rings is 1. The van der Waals surface area contributed by atoms with Gasteiger partial charge in [0.05, 0.1) is 11.3 Å². The van der Waals surface area contributed by atoms with Crippen LogP contribution in [-0.4, -0.2) is 76.5 Å². The lowest BCUT2D eigenvalue weighted by Crippen LogP contribution is -2.56. The van der Waals surface area contributed by atoms with Crippen LogP contribution in [0.15, 0.2) is 24.3 Å². The summed E-state index contributed by atoms with van der Waals surface area (Å²) in [5.74, 6) is -4.34. The first-order valence-corrected chi connectivity index (χ1v) is 13.7. The summed E-state index contributed by atoms with van der Waals surface area (Å²) in [6.07, 6.45) is -0.408. The highest BCUT2D eigenvalue weighted by Gasteiger charge is 2.47. The average molecular weight is 574 g/mol. The van der Waals surface area contributed by atoms with Gasteiger partial charge in [-0.3, -0.25) is 4.79 Å². The Balaban J connectivity index is 1.31. The number of hydrogen-bond acceptors (Lipinski definition) is 10. The number of rotatable bonds is 3. The second-order valence-electron chi connectivity index (χ2n) is 11.0. The van der Waals surface area contributed by atoms with Crippen molar-refractivity contribution in [1.29, 1.82) is 0 Å². The number of carbonyl (C=O) groups excluding carboxylic acids is 2. The van der Waals surface area contributed by atoms with Gasteiger partial charge in [-0.1, -0.05) is 0 Å². The Morgan fingerprint density at radius 1 is 1.23 bits per heavy atom. The average Bonchev–Trinajstić information content (AvgIpc) is 3.19. The largest absolute Gasteiger partial charge is 0.491 e. The summed E-state index contributed by atoms with van der Waals surface area (Å²) in [7, 11) is 0. The number of aromatic nitrogens is 1. The number of nitrogens with zero attached hydrogens (tertiary/aromatic N) is 3. The maximum absolute atomic E-state index is 15.4. The van der Waals surface area contributed by atoms with E-state index in [1.165, 1.54) is 12.1 Å². The Kier molecular flexibility index (Phi) is 7.01. The summed E-state index contributed by atoms with van der Waals surface area (Å²) in [5, 5.41) is 25.2. The van der Waals surface area contributed by atoms with Crippen molar-refractivity contribution in [3.8, 4) is 5.75 Å². The number of nitrogens with two attached hydrogens (primary N) is 1. The zero-order valence-corrected chi connectivity index (χ0v) is 23.5. The Bertz CT molecular complexity index is 1480. The first-order valence-electron chi connectivity index (χ1n) is 12.9. The number of anilines is 2. The fraction of sp³-hybridized carbons (Fsp3) is 0.444. The molecule has 0 radical (unpaired) electrons. The molecule has 40 heavy (non-hydrogen) atoms. The number of ether oxygens (including phenoxy) is 2. The Labute approximate surface area is 234 Å². The molecule has 13 heteroatoms. The van der Waals surface area contributed by atoms with Crippen LogP contribution >= 0.6 is 11.3 Å². The van der Waals surface area contributed by atoms with Gasteiger partial charge in [-0.15, -0.1) is 11.3 Å². The van der Waals surface area contributed by atoms with Gasteiger partial charge >= 0.3 is 6.09 Å². The van der Waals surface area contributed by atoms with E-state index in [9.17, 15) is 19.8 Å². The molecule has 214 valence electrons. The predicted molar refractivity (Wildman–Crippen MR) is 148 cm³/mol. The van der Waals surface area contributed by atoms with Crippen LogP contribution in [0.4, 0.5) is 20.6 Å². The van der Waals surface area contributed by atoms with Crippen LogP contribution in [-0.2, 0) is 10.5 Å². The third-order valence-corrected chi connectivity index (χ3v) is 7.95. The fourth-order valence-corrected chi connectivity index (χ4v) is 5.83. The fourth-order valence-electron chi connectivity index (χ4n) is 4.78. The molecule has 0 bridgehead atoms. The number of hydrogen-bond donors (Lipinski definition) is 4. The maximum Gasteiger partial charge on any atom is 0.410 e. The number of fused-ring (bicyclic) bond motifs is 2. The van der Waals surface area contributed by atoms with E-state index >= 15 is 4.39 Å². The van der Waals surface area contributed by atoms with Crippen LogP contribution in [0.1, 0.15) is 41.7 Å². The molecule has 2 aliphatic heterocycles. The number of benzene rings is 1. The van der Waals surface area contributed by atoms with Crippen LogP contribution in [0.2, 0.25) is 0 Å². The number of nitrogens with one attached hydrogen (secondary N) is 1. The number of aliphatic hydroxyl groups is 2. The van der Waals surface area contributed by atoms with Crippen molar-refractivity contribution in [2.45, 2.75) is 45.1 Å². The topological polar surface area (TPSA) is 150 Å². The summed E-state index contributed by atoms with van der Waals surface area (Å²) < 4.78 is 26.5. The molecular formula is C27H32FN5O6S. The van der Waals surface area contributed by atoms with E-state index in [-0.39, 0.29) is 22.9 Å². The highest BCUT2D eigenvalue weighted by molar-refractivity contribution is 7.21. The molecule has 1 aromatic carbocycles. The number of halogens is 1. The zero-order chi connectivity index (χ0) is 29.0. The third kappa shape index (κ3) is 5.23. The normalized spacial score (nSPS) is 18.7. The number of pyridine rings is 1. The monoisotopic (exact) mass is 573 g/mol. The van der Waals surface area contributed by atoms with Crippen molar-refractivity contribution in [3.63, 3.8) is 0 Å². The summed E-state index contributed by atoms with van der Waals surface area (Å²) in [5.41, 5.74) is 6.55. The minimum atomic E-state index is -2.75. The molecular weight excluding hydrogens is 541 g/mol. The van der Waals surface area contributed by atoms with Gasteiger partial charge in [-0.05, 0) is 45.9 Å². The van der Waals surface area contributed by atoms with Gasteiger partial charge in [0, 0.05) is 49.0 Å². The molecule has 4 heterocycles. The summed E-state index contributed by atoms with van der Waals surface area (Å²) in [4.78, 5) is 34.0. The molecule has 5 rings (SSSR count). The molecule has 2 amide bonds. The van der Waals surface area contributed by atoms with Gasteiger partial charge in [0.2, 0.25) is 5.79 Å². The highest BCUT2D eigenvalue weighted by Crippen LogP contribution is 2.41. The summed E-state index contributed by atoms with van der Waals surface area (Å²) in [6.45, 7) is 8.50. The van der Waals surface area contributed by atoms with Crippen LogP contribution in [0.3, 0.4) is 0 Å². The molecule has 0 aliphatic carbocycles. The van der Waals surface area contributed by atoms with Crippen molar-refractivity contribution in [2.24, 2.45) is 0 Å². The number of aryl methyl sites for hydroxylation is 1. The van der Waals surface area contributed by atoms with E-state index < -0.39 is 40.8 Å². The number of carbonyl (C=O) groups is 2. The molecule has 5 N–H and O–H groups in total. The van der Waals surface area contributed by atoms with Gasteiger partial charge in [-0.25, -0.2) is 14.2 Å². The standard InChI is InChI=1S/C27H32FN5O6S/c1-14-5-6-16-21(29)22(40-24(16)30-14)23(34)31-19-13-38-18-12-15(11-17(28)20(18)27(19,36)37)32-7-9-33(10-8-32)25(35)39-26(2,3)4/h5-6,11-12,19,36-37H,7-10,13,29H2,1-4H3,(H,31,34). The smallest absolute Gasteiger partial charge is 0.410 e. The molecule has 1 atom stereocenters. The van der Waals surface area contributed by atoms with Gasteiger partial charge in [0.15, 0.2) is 0 Å². The van der Waals surface area contributed by atoms with Crippen molar-refractivity contribution in [1.82, 2.24) is 15.2 Å². The molecule has 11 nitrogen and oxygen atoms in total. The molecule has 2 aromatic heterocycles. The predicted octanol–water partition coefficient (Wildman–Crippen LogP) is 2.71. The SMILES string of the molecule is Cc1ccc2c(N)c(C(=O)NC3COc4cc(N5CCN(C(=O)OC(C)(C)C)CC5)cc(F)c4C3(O)O)sc2n1.